The smallest absolute Gasteiger partial charge is 0.213 e. The van der Waals surface area contributed by atoms with Crippen molar-refractivity contribution in [2.45, 2.75) is 0 Å². The third kappa shape index (κ3) is 2.74. The van der Waals surface area contributed by atoms with Crippen LogP contribution in [0.3, 0.4) is 0 Å². The average Bonchev–Trinajstić information content (AvgIpc) is 2.96. The molecular weight excluding hydrogens is 430 g/mol. The summed E-state index contributed by atoms with van der Waals surface area (Å²) in [5.74, 6) is 0.779. The third-order valence-electron chi connectivity index (χ3n) is 3.76. The first-order valence-electron chi connectivity index (χ1n) is 7.48. The van der Waals surface area contributed by atoms with Crippen molar-refractivity contribution in [3.8, 4) is 5.69 Å². The number of para-hydroxylation sites is 3. The highest BCUT2D eigenvalue weighted by Gasteiger charge is 2.15. The van der Waals surface area contributed by atoms with E-state index in [2.05, 4.69) is 53.9 Å². The lowest BCUT2D eigenvalue weighted by Crippen LogP contribution is -2.02. The first-order chi connectivity index (χ1) is 11.7. The van der Waals surface area contributed by atoms with Gasteiger partial charge in [-0.25, -0.2) is 4.98 Å². The Kier molecular flexibility index (Phi) is 4.12. The fourth-order valence-corrected chi connectivity index (χ4v) is 3.47. The molecule has 1 N–H and O–H groups in total. The first-order valence-corrected chi connectivity index (χ1v) is 9.06. The first kappa shape index (κ1) is 15.4. The van der Waals surface area contributed by atoms with Gasteiger partial charge in [0.1, 0.15) is 0 Å². The fourth-order valence-electron chi connectivity index (χ4n) is 2.67. The molecule has 0 saturated heterocycles. The standard InChI is InChI=1S/C19H13Br2N3/c20-14-9-6-12-17(18(14)21)24-16-11-5-4-10-15(16)23-19(24)22-13-7-2-1-3-8-13/h1-12H,(H,22,23). The van der Waals surface area contributed by atoms with Gasteiger partial charge < -0.3 is 5.32 Å². The van der Waals surface area contributed by atoms with Crippen molar-refractivity contribution in [3.63, 3.8) is 0 Å². The molecule has 0 aliphatic carbocycles. The summed E-state index contributed by atoms with van der Waals surface area (Å²) in [7, 11) is 0. The van der Waals surface area contributed by atoms with Crippen molar-refractivity contribution in [1.29, 1.82) is 0 Å². The number of hydrogen-bond acceptors (Lipinski definition) is 2. The van der Waals surface area contributed by atoms with Gasteiger partial charge in [-0.3, -0.25) is 4.57 Å². The maximum atomic E-state index is 4.77. The maximum Gasteiger partial charge on any atom is 0.213 e. The van der Waals surface area contributed by atoms with E-state index in [4.69, 9.17) is 4.98 Å². The molecule has 0 amide bonds. The Morgan fingerprint density at radius 3 is 2.38 bits per heavy atom. The molecule has 4 aromatic rings. The van der Waals surface area contributed by atoms with Crippen LogP contribution in [0.1, 0.15) is 0 Å². The molecule has 0 saturated carbocycles. The Morgan fingerprint density at radius 2 is 1.54 bits per heavy atom. The summed E-state index contributed by atoms with van der Waals surface area (Å²) in [4.78, 5) is 4.77. The molecule has 0 spiro atoms. The van der Waals surface area contributed by atoms with E-state index in [0.29, 0.717) is 0 Å². The average molecular weight is 443 g/mol. The molecule has 0 aliphatic rings. The SMILES string of the molecule is Brc1cccc(-n2c(Nc3ccccc3)nc3ccccc32)c1Br. The van der Waals surface area contributed by atoms with Crippen LogP contribution in [0.5, 0.6) is 0 Å². The van der Waals surface area contributed by atoms with Gasteiger partial charge in [0.25, 0.3) is 0 Å². The molecule has 1 heterocycles. The monoisotopic (exact) mass is 441 g/mol. The molecule has 0 radical (unpaired) electrons. The molecule has 0 atom stereocenters. The Hall–Kier alpha value is -2.11. The minimum atomic E-state index is 0.779. The van der Waals surface area contributed by atoms with Gasteiger partial charge >= 0.3 is 0 Å². The van der Waals surface area contributed by atoms with Crippen molar-refractivity contribution in [1.82, 2.24) is 9.55 Å². The summed E-state index contributed by atoms with van der Waals surface area (Å²) in [5.41, 5.74) is 4.02. The molecule has 1 aromatic heterocycles. The number of halogens is 2. The van der Waals surface area contributed by atoms with Crippen LogP contribution in [0.4, 0.5) is 11.6 Å². The molecule has 3 nitrogen and oxygen atoms in total. The molecule has 0 fully saturated rings. The van der Waals surface area contributed by atoms with Crippen LogP contribution in [-0.4, -0.2) is 9.55 Å². The van der Waals surface area contributed by atoms with Crippen LogP contribution >= 0.6 is 31.9 Å². The van der Waals surface area contributed by atoms with E-state index in [9.17, 15) is 0 Å². The van der Waals surface area contributed by atoms with Crippen LogP contribution in [0.25, 0.3) is 16.7 Å². The molecule has 0 bridgehead atoms. The van der Waals surface area contributed by atoms with Crippen LogP contribution in [-0.2, 0) is 0 Å². The van der Waals surface area contributed by atoms with Crippen molar-refractivity contribution in [2.24, 2.45) is 0 Å². The zero-order valence-electron chi connectivity index (χ0n) is 12.6. The summed E-state index contributed by atoms with van der Waals surface area (Å²) in [6, 6.07) is 24.3. The summed E-state index contributed by atoms with van der Waals surface area (Å²) in [6.07, 6.45) is 0. The van der Waals surface area contributed by atoms with E-state index < -0.39 is 0 Å². The summed E-state index contributed by atoms with van der Waals surface area (Å²) in [5, 5.41) is 3.42. The van der Waals surface area contributed by atoms with Gasteiger partial charge in [-0.1, -0.05) is 36.4 Å². The highest BCUT2D eigenvalue weighted by Crippen LogP contribution is 2.34. The van der Waals surface area contributed by atoms with Crippen LogP contribution < -0.4 is 5.32 Å². The zero-order valence-corrected chi connectivity index (χ0v) is 15.8. The highest BCUT2D eigenvalue weighted by molar-refractivity contribution is 9.13. The number of nitrogens with zero attached hydrogens (tertiary/aromatic N) is 2. The van der Waals surface area contributed by atoms with Gasteiger partial charge in [-0.05, 0) is 68.3 Å². The van der Waals surface area contributed by atoms with Crippen molar-refractivity contribution in [3.05, 3.63) is 81.7 Å². The number of rotatable bonds is 3. The molecule has 0 unspecified atom stereocenters. The second-order valence-electron chi connectivity index (χ2n) is 5.32. The van der Waals surface area contributed by atoms with Gasteiger partial charge in [-0.15, -0.1) is 0 Å². The number of nitrogens with one attached hydrogen (secondary N) is 1. The van der Waals surface area contributed by atoms with Gasteiger partial charge in [0.15, 0.2) is 0 Å². The van der Waals surface area contributed by atoms with Gasteiger partial charge in [0, 0.05) is 10.2 Å². The Bertz CT molecular complexity index is 1010. The minimum absolute atomic E-state index is 0.779. The Labute approximate surface area is 156 Å². The van der Waals surface area contributed by atoms with E-state index in [0.717, 1.165) is 37.3 Å². The van der Waals surface area contributed by atoms with Crippen molar-refractivity contribution >= 4 is 54.5 Å². The Balaban J connectivity index is 1.95. The lowest BCUT2D eigenvalue weighted by atomic mass is 10.3. The topological polar surface area (TPSA) is 29.9 Å². The Morgan fingerprint density at radius 1 is 0.792 bits per heavy atom. The second kappa shape index (κ2) is 6.42. The zero-order chi connectivity index (χ0) is 16.5. The number of imidazole rings is 1. The minimum Gasteiger partial charge on any atom is -0.325 e. The molecule has 3 aromatic carbocycles. The lowest BCUT2D eigenvalue weighted by molar-refractivity contribution is 1.09. The number of fused-ring (bicyclic) bond motifs is 1. The molecule has 4 rings (SSSR count). The summed E-state index contributed by atoms with van der Waals surface area (Å²) in [6.45, 7) is 0. The predicted octanol–water partition coefficient (Wildman–Crippen LogP) is 6.29. The lowest BCUT2D eigenvalue weighted by Gasteiger charge is -2.13. The third-order valence-corrected chi connectivity index (χ3v) is 5.79. The van der Waals surface area contributed by atoms with E-state index in [1.807, 2.05) is 60.7 Å². The number of anilines is 2. The largest absolute Gasteiger partial charge is 0.325 e. The highest BCUT2D eigenvalue weighted by atomic mass is 79.9. The van der Waals surface area contributed by atoms with Crippen molar-refractivity contribution in [2.75, 3.05) is 5.32 Å². The molecule has 24 heavy (non-hydrogen) atoms. The second-order valence-corrected chi connectivity index (χ2v) is 6.97. The number of aromatic nitrogens is 2. The van der Waals surface area contributed by atoms with Crippen LogP contribution in [0.15, 0.2) is 81.7 Å². The summed E-state index contributed by atoms with van der Waals surface area (Å²) >= 11 is 7.27. The molecule has 118 valence electrons. The number of benzene rings is 3. The van der Waals surface area contributed by atoms with E-state index in [-0.39, 0.29) is 0 Å². The normalized spacial score (nSPS) is 10.9. The van der Waals surface area contributed by atoms with Gasteiger partial charge in [0.05, 0.1) is 21.2 Å². The summed E-state index contributed by atoms with van der Waals surface area (Å²) < 4.78 is 4.12. The number of hydrogen-bond donors (Lipinski definition) is 1. The quantitative estimate of drug-likeness (QED) is 0.403. The van der Waals surface area contributed by atoms with E-state index >= 15 is 0 Å². The fraction of sp³-hybridized carbons (Fsp3) is 0. The van der Waals surface area contributed by atoms with Gasteiger partial charge in [0.2, 0.25) is 5.95 Å². The maximum absolute atomic E-state index is 4.77. The predicted molar refractivity (Wildman–Crippen MR) is 106 cm³/mol. The van der Waals surface area contributed by atoms with E-state index in [1.165, 1.54) is 0 Å². The van der Waals surface area contributed by atoms with E-state index in [1.54, 1.807) is 0 Å². The molecule has 5 heteroatoms. The molecule has 0 aliphatic heterocycles. The molecular formula is C19H13Br2N3. The van der Waals surface area contributed by atoms with Crippen LogP contribution in [0.2, 0.25) is 0 Å². The van der Waals surface area contributed by atoms with Crippen molar-refractivity contribution < 1.29 is 0 Å². The van der Waals surface area contributed by atoms with Crippen LogP contribution in [0, 0.1) is 0 Å². The van der Waals surface area contributed by atoms with Gasteiger partial charge in [-0.2, -0.15) is 0 Å².